The van der Waals surface area contributed by atoms with E-state index in [4.69, 9.17) is 4.74 Å². The second-order valence-corrected chi connectivity index (χ2v) is 12.8. The number of aromatic nitrogens is 1. The molecule has 2 heterocycles. The molecule has 1 aromatic heterocycles. The second kappa shape index (κ2) is 15.4. The number of carbonyl (C=O) groups excluding carboxylic acids is 2. The van der Waals surface area contributed by atoms with Crippen LogP contribution in [0.1, 0.15) is 61.0 Å². The summed E-state index contributed by atoms with van der Waals surface area (Å²) in [4.78, 5) is 27.9. The number of ether oxygens (including phenoxy) is 1. The van der Waals surface area contributed by atoms with Gasteiger partial charge in [-0.3, -0.25) is 9.69 Å². The van der Waals surface area contributed by atoms with Crippen LogP contribution in [-0.4, -0.2) is 51.7 Å². The third kappa shape index (κ3) is 8.31. The zero-order valence-corrected chi connectivity index (χ0v) is 28.4. The van der Waals surface area contributed by atoms with Gasteiger partial charge in [0.25, 0.3) is 5.91 Å². The van der Waals surface area contributed by atoms with E-state index in [1.807, 2.05) is 67.6 Å². The minimum atomic E-state index is -0.221. The van der Waals surface area contributed by atoms with Crippen molar-refractivity contribution in [3.8, 4) is 17.2 Å². The van der Waals surface area contributed by atoms with Gasteiger partial charge < -0.3 is 30.4 Å². The lowest BCUT2D eigenvalue weighted by Crippen LogP contribution is -2.37. The van der Waals surface area contributed by atoms with Gasteiger partial charge in [-0.1, -0.05) is 32.0 Å². The van der Waals surface area contributed by atoms with Gasteiger partial charge in [-0.15, -0.1) is 0 Å². The Morgan fingerprint density at radius 3 is 2.27 bits per heavy atom. The van der Waals surface area contributed by atoms with Gasteiger partial charge in [-0.05, 0) is 117 Å². The Balaban J connectivity index is 1.07. The largest absolute Gasteiger partial charge is 0.457 e. The van der Waals surface area contributed by atoms with Crippen LogP contribution in [0.15, 0.2) is 97.2 Å². The molecule has 9 nitrogen and oxygen atoms in total. The van der Waals surface area contributed by atoms with E-state index in [1.54, 1.807) is 12.1 Å². The van der Waals surface area contributed by atoms with Crippen molar-refractivity contribution < 1.29 is 19.4 Å². The van der Waals surface area contributed by atoms with Gasteiger partial charge in [0.15, 0.2) is 0 Å². The van der Waals surface area contributed by atoms with Crippen LogP contribution in [0, 0.1) is 6.92 Å². The number of urea groups is 1. The predicted molar refractivity (Wildman–Crippen MR) is 196 cm³/mol. The number of anilines is 2. The smallest absolute Gasteiger partial charge is 0.319 e. The van der Waals surface area contributed by atoms with E-state index in [-0.39, 0.29) is 24.1 Å². The molecule has 0 bridgehead atoms. The summed E-state index contributed by atoms with van der Waals surface area (Å²) < 4.78 is 8.27. The molecule has 1 fully saturated rings. The van der Waals surface area contributed by atoms with Gasteiger partial charge in [0.05, 0.1) is 11.6 Å². The molecule has 1 aliphatic rings. The maximum atomic E-state index is 13.2. The fraction of sp³-hybridized carbons (Fsp3) is 0.300. The van der Waals surface area contributed by atoms with Crippen LogP contribution in [0.3, 0.4) is 0 Å². The summed E-state index contributed by atoms with van der Waals surface area (Å²) in [6.07, 6.45) is 5.39. The number of aliphatic hydroxyl groups excluding tert-OH is 1. The first-order valence-electron chi connectivity index (χ1n) is 17.2. The minimum Gasteiger partial charge on any atom is -0.457 e. The number of amides is 3. The molecule has 0 aliphatic carbocycles. The van der Waals surface area contributed by atoms with Crippen LogP contribution in [0.5, 0.6) is 11.5 Å². The highest BCUT2D eigenvalue weighted by Gasteiger charge is 2.19. The van der Waals surface area contributed by atoms with E-state index in [0.29, 0.717) is 28.4 Å². The number of nitrogens with zero attached hydrogens (tertiary/aromatic N) is 2. The Morgan fingerprint density at radius 1 is 0.878 bits per heavy atom. The Morgan fingerprint density at radius 2 is 1.57 bits per heavy atom. The summed E-state index contributed by atoms with van der Waals surface area (Å²) in [5.74, 6) is 1.12. The van der Waals surface area contributed by atoms with Crippen LogP contribution in [0.2, 0.25) is 0 Å². The van der Waals surface area contributed by atoms with Crippen LogP contribution >= 0.6 is 0 Å². The Hall–Kier alpha value is -5.12. The monoisotopic (exact) mass is 659 g/mol. The summed E-state index contributed by atoms with van der Waals surface area (Å²) in [5, 5.41) is 20.0. The molecule has 0 saturated carbocycles. The number of likely N-dealkylation sites (tertiary alicyclic amines) is 1. The normalized spacial score (nSPS) is 13.8. The van der Waals surface area contributed by atoms with Crippen molar-refractivity contribution in [2.75, 3.05) is 23.7 Å². The average molecular weight is 660 g/mol. The molecular weight excluding hydrogens is 614 g/mol. The number of aliphatic hydroxyl groups is 1. The lowest BCUT2D eigenvalue weighted by atomic mass is 10.1. The van der Waals surface area contributed by atoms with E-state index in [1.165, 1.54) is 10.9 Å². The number of benzene rings is 4. The maximum Gasteiger partial charge on any atom is 0.319 e. The molecule has 3 amide bonds. The molecule has 5 aromatic rings. The number of aryl methyl sites for hydroxylation is 1. The van der Waals surface area contributed by atoms with Crippen LogP contribution in [0.25, 0.3) is 16.6 Å². The first-order chi connectivity index (χ1) is 23.8. The van der Waals surface area contributed by atoms with Crippen molar-refractivity contribution in [2.24, 2.45) is 0 Å². The second-order valence-electron chi connectivity index (χ2n) is 12.8. The van der Waals surface area contributed by atoms with E-state index in [2.05, 4.69) is 63.7 Å². The highest BCUT2D eigenvalue weighted by Crippen LogP contribution is 2.30. The fourth-order valence-electron chi connectivity index (χ4n) is 6.31. The van der Waals surface area contributed by atoms with E-state index >= 15 is 0 Å². The number of para-hydroxylation sites is 1. The molecular formula is C40H45N5O4. The Kier molecular flexibility index (Phi) is 10.6. The van der Waals surface area contributed by atoms with Gasteiger partial charge in [-0.2, -0.15) is 0 Å². The molecule has 0 spiro atoms. The van der Waals surface area contributed by atoms with Crippen molar-refractivity contribution in [2.45, 2.75) is 65.1 Å². The van der Waals surface area contributed by atoms with Gasteiger partial charge in [-0.25, -0.2) is 4.79 Å². The van der Waals surface area contributed by atoms with Crippen molar-refractivity contribution in [3.63, 3.8) is 0 Å². The third-order valence-corrected chi connectivity index (χ3v) is 9.25. The highest BCUT2D eigenvalue weighted by atomic mass is 16.5. The third-order valence-electron chi connectivity index (χ3n) is 9.25. The number of rotatable bonds is 11. The molecule has 49 heavy (non-hydrogen) atoms. The molecule has 0 unspecified atom stereocenters. The summed E-state index contributed by atoms with van der Waals surface area (Å²) in [5.41, 5.74) is 6.15. The van der Waals surface area contributed by atoms with Gasteiger partial charge in [0.2, 0.25) is 0 Å². The van der Waals surface area contributed by atoms with Crippen molar-refractivity contribution in [1.29, 1.82) is 0 Å². The molecule has 0 atom stereocenters. The molecule has 1 saturated heterocycles. The van der Waals surface area contributed by atoms with Crippen LogP contribution in [0.4, 0.5) is 16.2 Å². The number of hydrogen-bond donors (Lipinski definition) is 4. The highest BCUT2D eigenvalue weighted by molar-refractivity contribution is 6.04. The average Bonchev–Trinajstić information content (AvgIpc) is 3.48. The van der Waals surface area contributed by atoms with Gasteiger partial charge >= 0.3 is 6.03 Å². The SMILES string of the molecule is CCC(CC)NC(=O)Nc1ccc(Oc2ccc(NC(=O)c3ccc(-n4cc(CN5CCC(O)CC5)c5ccccc54)cc3)cc2C)cc1. The summed E-state index contributed by atoms with van der Waals surface area (Å²) in [6.45, 7) is 8.66. The standard InChI is InChI=1S/C40H45N5O4/c1-4-30(5-2)42-40(48)43-31-12-17-35(18-13-31)49-38-19-14-32(24-27(38)3)41-39(47)28-10-15-33(16-11-28)45-26-29(36-8-6-7-9-37(36)45)25-44-22-20-34(46)21-23-44/h6-19,24,26,30,34,46H,4-5,20-23,25H2,1-3H3,(H,41,47)(H2,42,43,48). The number of nitrogens with one attached hydrogen (secondary N) is 3. The lowest BCUT2D eigenvalue weighted by molar-refractivity contribution is 0.0794. The first-order valence-corrected chi connectivity index (χ1v) is 17.2. The number of piperidine rings is 1. The number of carbonyl (C=O) groups is 2. The van der Waals surface area contributed by atoms with Crippen molar-refractivity contribution in [3.05, 3.63) is 114 Å². The van der Waals surface area contributed by atoms with E-state index < -0.39 is 0 Å². The summed E-state index contributed by atoms with van der Waals surface area (Å²) in [6, 6.07) is 28.8. The van der Waals surface area contributed by atoms with Crippen molar-refractivity contribution >= 4 is 34.2 Å². The van der Waals surface area contributed by atoms with Gasteiger partial charge in [0, 0.05) is 59.9 Å². The molecule has 6 rings (SSSR count). The first kappa shape index (κ1) is 33.8. The minimum absolute atomic E-state index is 0.150. The molecule has 254 valence electrons. The van der Waals surface area contributed by atoms with Crippen LogP contribution < -0.4 is 20.7 Å². The zero-order chi connectivity index (χ0) is 34.3. The Bertz CT molecular complexity index is 1890. The maximum absolute atomic E-state index is 13.2. The molecule has 0 radical (unpaired) electrons. The summed E-state index contributed by atoms with van der Waals surface area (Å²) >= 11 is 0. The quantitative estimate of drug-likeness (QED) is 0.114. The lowest BCUT2D eigenvalue weighted by Gasteiger charge is -2.29. The molecule has 9 heteroatoms. The fourth-order valence-corrected chi connectivity index (χ4v) is 6.31. The van der Waals surface area contributed by atoms with Crippen LogP contribution in [-0.2, 0) is 6.54 Å². The van der Waals surface area contributed by atoms with Gasteiger partial charge in [0.1, 0.15) is 11.5 Å². The molecule has 4 N–H and O–H groups in total. The van der Waals surface area contributed by atoms with Crippen molar-refractivity contribution in [1.82, 2.24) is 14.8 Å². The van der Waals surface area contributed by atoms with E-state index in [0.717, 1.165) is 62.1 Å². The molecule has 4 aromatic carbocycles. The predicted octanol–water partition coefficient (Wildman–Crippen LogP) is 8.25. The zero-order valence-electron chi connectivity index (χ0n) is 28.4. The summed E-state index contributed by atoms with van der Waals surface area (Å²) in [7, 11) is 0. The van der Waals surface area contributed by atoms with E-state index in [9.17, 15) is 14.7 Å². The number of hydrogen-bond acceptors (Lipinski definition) is 5. The molecule has 1 aliphatic heterocycles. The Labute approximate surface area is 287 Å². The topological polar surface area (TPSA) is 108 Å². The number of fused-ring (bicyclic) bond motifs is 1.